The molecule has 1 saturated heterocycles. The Labute approximate surface area is 157 Å². The molecule has 138 valence electrons. The molecule has 2 aromatic carbocycles. The van der Waals surface area contributed by atoms with Gasteiger partial charge in [-0.15, -0.1) is 0 Å². The van der Waals surface area contributed by atoms with Crippen LogP contribution in [0.15, 0.2) is 42.5 Å². The molecule has 0 bridgehead atoms. The van der Waals surface area contributed by atoms with E-state index < -0.39 is 23.3 Å². The summed E-state index contributed by atoms with van der Waals surface area (Å²) in [6, 6.07) is 12.4. The number of benzene rings is 2. The summed E-state index contributed by atoms with van der Waals surface area (Å²) in [7, 11) is 1.86. The van der Waals surface area contributed by atoms with Gasteiger partial charge in [0.2, 0.25) is 5.91 Å². The van der Waals surface area contributed by atoms with Crippen LogP contribution in [0.1, 0.15) is 16.7 Å². The number of anilines is 2. The second-order valence-electron chi connectivity index (χ2n) is 7.48. The minimum atomic E-state index is -1.33. The third kappa shape index (κ3) is 2.60. The van der Waals surface area contributed by atoms with Crippen molar-refractivity contribution in [1.29, 1.82) is 0 Å². The Morgan fingerprint density at radius 3 is 2.33 bits per heavy atom. The molecule has 27 heavy (non-hydrogen) atoms. The average molecular weight is 363 g/mol. The summed E-state index contributed by atoms with van der Waals surface area (Å²) in [6.07, 6.45) is 0.272. The summed E-state index contributed by atoms with van der Waals surface area (Å²) in [6.45, 7) is 4.14. The Morgan fingerprint density at radius 1 is 0.963 bits per heavy atom. The molecule has 2 aliphatic rings. The van der Waals surface area contributed by atoms with E-state index in [1.165, 1.54) is 0 Å². The van der Waals surface area contributed by atoms with Crippen molar-refractivity contribution in [3.8, 4) is 0 Å². The lowest BCUT2D eigenvalue weighted by Gasteiger charge is -2.45. The summed E-state index contributed by atoms with van der Waals surface area (Å²) in [5.74, 6) is -1.00. The first-order chi connectivity index (χ1) is 12.8. The van der Waals surface area contributed by atoms with Crippen molar-refractivity contribution in [2.24, 2.45) is 5.41 Å². The van der Waals surface area contributed by atoms with E-state index in [-0.39, 0.29) is 13.0 Å². The largest absolute Gasteiger partial charge is 0.373 e. The number of fused-ring (bicyclic) bond motifs is 1. The van der Waals surface area contributed by atoms with Crippen LogP contribution >= 0.6 is 0 Å². The SMILES string of the molecule is Cc1ccc(N2C(=O)NC(=O)C3(Cc4cc(C)ccc4N(C)C3)C2=O)cc1. The number of aryl methyl sites for hydroxylation is 2. The van der Waals surface area contributed by atoms with Gasteiger partial charge in [-0.2, -0.15) is 0 Å². The maximum Gasteiger partial charge on any atom is 0.335 e. The van der Waals surface area contributed by atoms with Crippen LogP contribution in [0, 0.1) is 19.3 Å². The maximum absolute atomic E-state index is 13.5. The molecule has 2 heterocycles. The van der Waals surface area contributed by atoms with Gasteiger partial charge in [0.25, 0.3) is 5.91 Å². The second-order valence-corrected chi connectivity index (χ2v) is 7.48. The van der Waals surface area contributed by atoms with Crippen LogP contribution in [0.5, 0.6) is 0 Å². The number of rotatable bonds is 1. The van der Waals surface area contributed by atoms with Crippen molar-refractivity contribution in [1.82, 2.24) is 5.32 Å². The van der Waals surface area contributed by atoms with Crippen molar-refractivity contribution >= 4 is 29.2 Å². The number of hydrogen-bond acceptors (Lipinski definition) is 4. The number of nitrogens with zero attached hydrogens (tertiary/aromatic N) is 2. The quantitative estimate of drug-likeness (QED) is 0.791. The molecule has 0 saturated carbocycles. The minimum Gasteiger partial charge on any atom is -0.373 e. The van der Waals surface area contributed by atoms with Gasteiger partial charge in [0.05, 0.1) is 5.69 Å². The number of amides is 4. The topological polar surface area (TPSA) is 69.7 Å². The molecule has 1 fully saturated rings. The minimum absolute atomic E-state index is 0.226. The van der Waals surface area contributed by atoms with E-state index in [4.69, 9.17) is 0 Å². The third-order valence-corrected chi connectivity index (χ3v) is 5.41. The summed E-state index contributed by atoms with van der Waals surface area (Å²) in [4.78, 5) is 41.8. The highest BCUT2D eigenvalue weighted by Gasteiger charge is 2.56. The predicted octanol–water partition coefficient (Wildman–Crippen LogP) is 2.57. The van der Waals surface area contributed by atoms with Crippen LogP contribution in [0.2, 0.25) is 0 Å². The normalized spacial score (nSPS) is 22.1. The monoisotopic (exact) mass is 363 g/mol. The Hall–Kier alpha value is -3.15. The standard InChI is InChI=1S/C21H21N3O3/c1-13-4-7-16(8-5-13)24-19(26)21(18(25)22-20(24)27)11-15-10-14(2)6-9-17(15)23(3)12-21/h4-10H,11-12H2,1-3H3,(H,22,25,27). The van der Waals surface area contributed by atoms with Crippen LogP contribution < -0.4 is 15.1 Å². The fourth-order valence-corrected chi connectivity index (χ4v) is 4.00. The molecule has 1 unspecified atom stereocenters. The van der Waals surface area contributed by atoms with Crippen molar-refractivity contribution in [3.63, 3.8) is 0 Å². The zero-order chi connectivity index (χ0) is 19.3. The van der Waals surface area contributed by atoms with Gasteiger partial charge in [-0.3, -0.25) is 14.9 Å². The number of carbonyl (C=O) groups excluding carboxylic acids is 3. The van der Waals surface area contributed by atoms with E-state index in [1.54, 1.807) is 12.1 Å². The Bertz CT molecular complexity index is 967. The lowest BCUT2D eigenvalue weighted by molar-refractivity contribution is -0.142. The molecule has 2 aromatic rings. The van der Waals surface area contributed by atoms with E-state index >= 15 is 0 Å². The van der Waals surface area contributed by atoms with Gasteiger partial charge >= 0.3 is 6.03 Å². The Morgan fingerprint density at radius 2 is 1.63 bits per heavy atom. The van der Waals surface area contributed by atoms with Gasteiger partial charge in [0.15, 0.2) is 5.41 Å². The lowest BCUT2D eigenvalue weighted by atomic mass is 9.74. The molecule has 1 atom stereocenters. The van der Waals surface area contributed by atoms with Gasteiger partial charge in [0, 0.05) is 19.3 Å². The average Bonchev–Trinajstić information content (AvgIpc) is 2.61. The van der Waals surface area contributed by atoms with Gasteiger partial charge in [0.1, 0.15) is 0 Å². The first kappa shape index (κ1) is 17.3. The molecule has 0 radical (unpaired) electrons. The smallest absolute Gasteiger partial charge is 0.335 e. The van der Waals surface area contributed by atoms with Crippen molar-refractivity contribution in [2.75, 3.05) is 23.4 Å². The number of hydrogen-bond donors (Lipinski definition) is 1. The molecule has 4 rings (SSSR count). The maximum atomic E-state index is 13.5. The highest BCUT2D eigenvalue weighted by molar-refractivity contribution is 6.30. The summed E-state index contributed by atoms with van der Waals surface area (Å²) in [5, 5.41) is 2.40. The first-order valence-corrected chi connectivity index (χ1v) is 8.89. The summed E-state index contributed by atoms with van der Waals surface area (Å²) in [5.41, 5.74) is 3.17. The number of nitrogens with one attached hydrogen (secondary N) is 1. The van der Waals surface area contributed by atoms with Crippen molar-refractivity contribution in [3.05, 3.63) is 59.2 Å². The highest BCUT2D eigenvalue weighted by Crippen LogP contribution is 2.40. The molecule has 1 N–H and O–H groups in total. The predicted molar refractivity (Wildman–Crippen MR) is 103 cm³/mol. The van der Waals surface area contributed by atoms with E-state index in [9.17, 15) is 14.4 Å². The lowest BCUT2D eigenvalue weighted by Crippen LogP contribution is -2.68. The van der Waals surface area contributed by atoms with E-state index in [0.717, 1.165) is 27.3 Å². The van der Waals surface area contributed by atoms with E-state index in [2.05, 4.69) is 5.32 Å². The van der Waals surface area contributed by atoms with Crippen LogP contribution in [0.25, 0.3) is 0 Å². The van der Waals surface area contributed by atoms with Crippen LogP contribution in [-0.2, 0) is 16.0 Å². The van der Waals surface area contributed by atoms with Crippen LogP contribution in [-0.4, -0.2) is 31.4 Å². The van der Waals surface area contributed by atoms with Gasteiger partial charge in [-0.25, -0.2) is 9.69 Å². The Kier molecular flexibility index (Phi) is 3.80. The van der Waals surface area contributed by atoms with Crippen molar-refractivity contribution < 1.29 is 14.4 Å². The molecule has 2 aliphatic heterocycles. The summed E-state index contributed by atoms with van der Waals surface area (Å²) >= 11 is 0. The van der Waals surface area contributed by atoms with Crippen LogP contribution in [0.4, 0.5) is 16.2 Å². The van der Waals surface area contributed by atoms with E-state index in [1.807, 2.05) is 56.1 Å². The number of barbiturate groups is 1. The fraction of sp³-hybridized carbons (Fsp3) is 0.286. The molecule has 6 nitrogen and oxygen atoms in total. The van der Waals surface area contributed by atoms with Crippen molar-refractivity contribution in [2.45, 2.75) is 20.3 Å². The number of carbonyl (C=O) groups is 3. The van der Waals surface area contributed by atoms with Crippen LogP contribution in [0.3, 0.4) is 0 Å². The second kappa shape index (κ2) is 5.94. The Balaban J connectivity index is 1.80. The zero-order valence-corrected chi connectivity index (χ0v) is 15.6. The number of imide groups is 2. The molecule has 1 spiro atoms. The first-order valence-electron chi connectivity index (χ1n) is 8.89. The third-order valence-electron chi connectivity index (χ3n) is 5.41. The zero-order valence-electron chi connectivity index (χ0n) is 15.6. The van der Waals surface area contributed by atoms with Gasteiger partial charge < -0.3 is 4.90 Å². The molecule has 4 amide bonds. The van der Waals surface area contributed by atoms with E-state index in [0.29, 0.717) is 5.69 Å². The molecule has 0 aromatic heterocycles. The molecule has 6 heteroatoms. The van der Waals surface area contributed by atoms with Gasteiger partial charge in [-0.1, -0.05) is 35.4 Å². The number of urea groups is 1. The summed E-state index contributed by atoms with van der Waals surface area (Å²) < 4.78 is 0. The molecular weight excluding hydrogens is 342 g/mol. The fourth-order valence-electron chi connectivity index (χ4n) is 4.00. The highest BCUT2D eigenvalue weighted by atomic mass is 16.2. The molecule has 0 aliphatic carbocycles. The molecular formula is C21H21N3O3. The van der Waals surface area contributed by atoms with Gasteiger partial charge in [-0.05, 0) is 44.0 Å².